The van der Waals surface area contributed by atoms with E-state index in [-0.39, 0.29) is 5.82 Å². The van der Waals surface area contributed by atoms with Gasteiger partial charge in [-0.15, -0.1) is 0 Å². The van der Waals surface area contributed by atoms with Crippen LogP contribution in [0.2, 0.25) is 0 Å². The molecule has 0 aliphatic heterocycles. The molecule has 0 saturated carbocycles. The molecular weight excluding hydrogens is 229 g/mol. The molecule has 0 spiro atoms. The number of nitrogens with zero attached hydrogens (tertiary/aromatic N) is 2. The Hall–Kier alpha value is -2.49. The lowest BCUT2D eigenvalue weighted by Crippen LogP contribution is -1.93. The van der Waals surface area contributed by atoms with Crippen molar-refractivity contribution in [1.82, 2.24) is 9.97 Å². The van der Waals surface area contributed by atoms with E-state index in [0.717, 1.165) is 22.0 Å². The van der Waals surface area contributed by atoms with Crippen LogP contribution in [0.3, 0.4) is 0 Å². The summed E-state index contributed by atoms with van der Waals surface area (Å²) in [6.45, 7) is 0. The SMILES string of the molecule is Nc1ncnc2ccc(-c3ccc(F)cc3)cc12. The van der Waals surface area contributed by atoms with Crippen LogP contribution in [-0.2, 0) is 0 Å². The molecule has 3 rings (SSSR count). The second kappa shape index (κ2) is 4.07. The van der Waals surface area contributed by atoms with E-state index in [1.165, 1.54) is 18.5 Å². The molecule has 0 aliphatic carbocycles. The number of fused-ring (bicyclic) bond motifs is 1. The van der Waals surface area contributed by atoms with E-state index in [1.807, 2.05) is 18.2 Å². The largest absolute Gasteiger partial charge is 0.383 e. The highest BCUT2D eigenvalue weighted by Crippen LogP contribution is 2.25. The molecule has 0 fully saturated rings. The zero-order valence-corrected chi connectivity index (χ0v) is 9.47. The lowest BCUT2D eigenvalue weighted by atomic mass is 10.0. The summed E-state index contributed by atoms with van der Waals surface area (Å²) in [7, 11) is 0. The highest BCUT2D eigenvalue weighted by Gasteiger charge is 2.03. The van der Waals surface area contributed by atoms with E-state index in [1.54, 1.807) is 12.1 Å². The van der Waals surface area contributed by atoms with Crippen LogP contribution in [0, 0.1) is 5.82 Å². The van der Waals surface area contributed by atoms with Gasteiger partial charge in [-0.05, 0) is 35.4 Å². The van der Waals surface area contributed by atoms with Gasteiger partial charge in [-0.3, -0.25) is 0 Å². The van der Waals surface area contributed by atoms with E-state index >= 15 is 0 Å². The van der Waals surface area contributed by atoms with Crippen molar-refractivity contribution >= 4 is 16.7 Å². The first-order chi connectivity index (χ1) is 8.74. The number of nitrogen functional groups attached to an aromatic ring is 1. The van der Waals surface area contributed by atoms with Crippen molar-refractivity contribution in [2.24, 2.45) is 0 Å². The summed E-state index contributed by atoms with van der Waals surface area (Å²) in [5.41, 5.74) is 8.51. The average molecular weight is 239 g/mol. The monoisotopic (exact) mass is 239 g/mol. The lowest BCUT2D eigenvalue weighted by Gasteiger charge is -2.05. The number of aromatic nitrogens is 2. The average Bonchev–Trinajstić information content (AvgIpc) is 2.40. The quantitative estimate of drug-likeness (QED) is 0.710. The first-order valence-corrected chi connectivity index (χ1v) is 5.50. The number of hydrogen-bond donors (Lipinski definition) is 1. The third kappa shape index (κ3) is 1.78. The van der Waals surface area contributed by atoms with Crippen molar-refractivity contribution in [1.29, 1.82) is 0 Å². The van der Waals surface area contributed by atoms with Gasteiger partial charge < -0.3 is 5.73 Å². The normalized spacial score (nSPS) is 10.7. The van der Waals surface area contributed by atoms with Crippen molar-refractivity contribution in [3.63, 3.8) is 0 Å². The summed E-state index contributed by atoms with van der Waals surface area (Å²) in [5.74, 6) is 0.200. The molecule has 0 unspecified atom stereocenters. The Morgan fingerprint density at radius 2 is 1.61 bits per heavy atom. The Morgan fingerprint density at radius 3 is 2.39 bits per heavy atom. The minimum absolute atomic E-state index is 0.248. The predicted octanol–water partition coefficient (Wildman–Crippen LogP) is 3.02. The Bertz CT molecular complexity index is 708. The van der Waals surface area contributed by atoms with Crippen molar-refractivity contribution < 1.29 is 4.39 Å². The summed E-state index contributed by atoms with van der Waals surface area (Å²) >= 11 is 0. The maximum Gasteiger partial charge on any atom is 0.134 e. The number of rotatable bonds is 1. The second-order valence-corrected chi connectivity index (χ2v) is 4.00. The minimum atomic E-state index is -0.248. The first kappa shape index (κ1) is 10.7. The topological polar surface area (TPSA) is 51.8 Å². The van der Waals surface area contributed by atoms with Crippen molar-refractivity contribution in [3.05, 3.63) is 54.6 Å². The molecular formula is C14H10FN3. The molecule has 4 heteroatoms. The first-order valence-electron chi connectivity index (χ1n) is 5.50. The molecule has 18 heavy (non-hydrogen) atoms. The van der Waals surface area contributed by atoms with Crippen LogP contribution >= 0.6 is 0 Å². The van der Waals surface area contributed by atoms with Gasteiger partial charge in [0.15, 0.2) is 0 Å². The summed E-state index contributed by atoms with van der Waals surface area (Å²) in [6, 6.07) is 12.1. The number of nitrogens with two attached hydrogens (primary N) is 1. The summed E-state index contributed by atoms with van der Waals surface area (Å²) < 4.78 is 12.9. The zero-order chi connectivity index (χ0) is 12.5. The predicted molar refractivity (Wildman–Crippen MR) is 69.3 cm³/mol. The molecule has 0 atom stereocenters. The molecule has 3 nitrogen and oxygen atoms in total. The fourth-order valence-corrected chi connectivity index (χ4v) is 1.90. The second-order valence-electron chi connectivity index (χ2n) is 4.00. The Morgan fingerprint density at radius 1 is 0.889 bits per heavy atom. The van der Waals surface area contributed by atoms with Crippen molar-refractivity contribution in [3.8, 4) is 11.1 Å². The zero-order valence-electron chi connectivity index (χ0n) is 9.47. The van der Waals surface area contributed by atoms with Gasteiger partial charge in [0.1, 0.15) is 18.0 Å². The summed E-state index contributed by atoms with van der Waals surface area (Å²) in [4.78, 5) is 8.10. The van der Waals surface area contributed by atoms with Crippen LogP contribution in [0.1, 0.15) is 0 Å². The molecule has 1 aromatic heterocycles. The van der Waals surface area contributed by atoms with E-state index in [0.29, 0.717) is 5.82 Å². The highest BCUT2D eigenvalue weighted by molar-refractivity contribution is 5.91. The van der Waals surface area contributed by atoms with Crippen molar-refractivity contribution in [2.75, 3.05) is 5.73 Å². The van der Waals surface area contributed by atoms with Gasteiger partial charge in [-0.2, -0.15) is 0 Å². The molecule has 0 bridgehead atoms. The van der Waals surface area contributed by atoms with Crippen LogP contribution in [0.15, 0.2) is 48.8 Å². The smallest absolute Gasteiger partial charge is 0.134 e. The number of benzene rings is 2. The molecule has 0 saturated heterocycles. The number of hydrogen-bond acceptors (Lipinski definition) is 3. The summed E-state index contributed by atoms with van der Waals surface area (Å²) in [6.07, 6.45) is 1.44. The van der Waals surface area contributed by atoms with Crippen LogP contribution < -0.4 is 5.73 Å². The summed E-state index contributed by atoms with van der Waals surface area (Å²) in [5, 5.41) is 0.805. The molecule has 0 aliphatic rings. The Balaban J connectivity index is 2.18. The molecule has 2 N–H and O–H groups in total. The Kier molecular flexibility index (Phi) is 2.41. The fraction of sp³-hybridized carbons (Fsp3) is 0. The molecule has 0 amide bonds. The standard InChI is InChI=1S/C14H10FN3/c15-11-4-1-9(2-5-11)10-3-6-13-12(7-10)14(16)18-8-17-13/h1-8H,(H2,16,17,18). The molecule has 3 aromatic rings. The van der Waals surface area contributed by atoms with E-state index in [4.69, 9.17) is 5.73 Å². The van der Waals surface area contributed by atoms with Crippen molar-refractivity contribution in [2.45, 2.75) is 0 Å². The number of anilines is 1. The maximum absolute atomic E-state index is 12.9. The third-order valence-corrected chi connectivity index (χ3v) is 2.84. The van der Waals surface area contributed by atoms with Gasteiger partial charge >= 0.3 is 0 Å². The molecule has 0 radical (unpaired) electrons. The highest BCUT2D eigenvalue weighted by atomic mass is 19.1. The van der Waals surface area contributed by atoms with Gasteiger partial charge in [0.05, 0.1) is 5.52 Å². The van der Waals surface area contributed by atoms with Gasteiger partial charge in [0.2, 0.25) is 0 Å². The number of halogens is 1. The minimum Gasteiger partial charge on any atom is -0.383 e. The van der Waals surface area contributed by atoms with Gasteiger partial charge in [0, 0.05) is 5.39 Å². The fourth-order valence-electron chi connectivity index (χ4n) is 1.90. The van der Waals surface area contributed by atoms with Crippen LogP contribution in [0.4, 0.5) is 10.2 Å². The van der Waals surface area contributed by atoms with E-state index in [9.17, 15) is 4.39 Å². The van der Waals surface area contributed by atoms with Gasteiger partial charge in [0.25, 0.3) is 0 Å². The lowest BCUT2D eigenvalue weighted by molar-refractivity contribution is 0.628. The molecule has 1 heterocycles. The Labute approximate surface area is 103 Å². The molecule has 88 valence electrons. The maximum atomic E-state index is 12.9. The third-order valence-electron chi connectivity index (χ3n) is 2.84. The van der Waals surface area contributed by atoms with E-state index in [2.05, 4.69) is 9.97 Å². The molecule has 2 aromatic carbocycles. The van der Waals surface area contributed by atoms with E-state index < -0.39 is 0 Å². The van der Waals surface area contributed by atoms with Crippen LogP contribution in [0.5, 0.6) is 0 Å². The van der Waals surface area contributed by atoms with Crippen LogP contribution in [-0.4, -0.2) is 9.97 Å². The van der Waals surface area contributed by atoms with Crippen LogP contribution in [0.25, 0.3) is 22.0 Å². The van der Waals surface area contributed by atoms with Gasteiger partial charge in [-0.25, -0.2) is 14.4 Å². The van der Waals surface area contributed by atoms with Gasteiger partial charge in [-0.1, -0.05) is 18.2 Å².